The number of hydrogen-bond donors (Lipinski definition) is 1. The van der Waals surface area contributed by atoms with Crippen molar-refractivity contribution < 1.29 is 24.0 Å². The molecule has 0 spiro atoms. The molecule has 2 fully saturated rings. The van der Waals surface area contributed by atoms with E-state index in [4.69, 9.17) is 9.31 Å². The zero-order valence-corrected chi connectivity index (χ0v) is 16.8. The first-order valence-electron chi connectivity index (χ1n) is 9.72. The number of pyridine rings is 1. The number of carbonyl (C=O) groups is 2. The monoisotopic (exact) mass is 387 g/mol. The van der Waals surface area contributed by atoms with E-state index in [1.54, 1.807) is 11.1 Å². The van der Waals surface area contributed by atoms with Gasteiger partial charge in [0.25, 0.3) is 5.91 Å². The first kappa shape index (κ1) is 19.2. The highest BCUT2D eigenvalue weighted by molar-refractivity contribution is 6.62. The predicted octanol–water partition coefficient (Wildman–Crippen LogP) is 1.13. The summed E-state index contributed by atoms with van der Waals surface area (Å²) >= 11 is 0. The van der Waals surface area contributed by atoms with Crippen molar-refractivity contribution in [1.82, 2.24) is 14.8 Å². The number of amides is 2. The molecule has 0 bridgehead atoms. The molecule has 2 amide bonds. The highest BCUT2D eigenvalue weighted by atomic mass is 16.7. The fraction of sp³-hybridized carbons (Fsp3) is 0.632. The van der Waals surface area contributed by atoms with E-state index < -0.39 is 24.4 Å². The summed E-state index contributed by atoms with van der Waals surface area (Å²) in [6.45, 7) is 9.33. The predicted molar refractivity (Wildman–Crippen MR) is 103 cm³/mol. The number of carbonyl (C=O) groups excluding carboxylic acids is 1. The Hall–Kier alpha value is -2.13. The van der Waals surface area contributed by atoms with E-state index in [0.717, 1.165) is 11.2 Å². The zero-order chi connectivity index (χ0) is 20.3. The molecule has 1 aromatic rings. The van der Waals surface area contributed by atoms with Gasteiger partial charge in [-0.3, -0.25) is 9.78 Å². The van der Waals surface area contributed by atoms with Gasteiger partial charge in [0.15, 0.2) is 0 Å². The number of rotatable bonds is 2. The average Bonchev–Trinajstić information content (AvgIpc) is 3.18. The molecule has 3 aliphatic rings. The molecule has 1 aromatic heterocycles. The zero-order valence-electron chi connectivity index (χ0n) is 16.8. The van der Waals surface area contributed by atoms with Crippen molar-refractivity contribution in [1.29, 1.82) is 0 Å². The number of carboxylic acid groups (broad SMARTS) is 1. The Morgan fingerprint density at radius 3 is 2.54 bits per heavy atom. The van der Waals surface area contributed by atoms with E-state index in [9.17, 15) is 14.7 Å². The highest BCUT2D eigenvalue weighted by Crippen LogP contribution is 2.36. The Morgan fingerprint density at radius 1 is 1.25 bits per heavy atom. The summed E-state index contributed by atoms with van der Waals surface area (Å²) in [4.78, 5) is 32.0. The van der Waals surface area contributed by atoms with Gasteiger partial charge in [0.1, 0.15) is 0 Å². The van der Waals surface area contributed by atoms with Gasteiger partial charge in [0.05, 0.1) is 28.5 Å². The molecule has 1 atom stereocenters. The lowest BCUT2D eigenvalue weighted by molar-refractivity contribution is 0.00578. The molecule has 150 valence electrons. The van der Waals surface area contributed by atoms with Crippen molar-refractivity contribution in [2.45, 2.75) is 57.8 Å². The summed E-state index contributed by atoms with van der Waals surface area (Å²) < 4.78 is 12.2. The Kier molecular flexibility index (Phi) is 4.43. The fourth-order valence-corrected chi connectivity index (χ4v) is 4.00. The van der Waals surface area contributed by atoms with Crippen LogP contribution < -0.4 is 5.46 Å². The number of likely N-dealkylation sites (tertiary alicyclic amines) is 1. The van der Waals surface area contributed by atoms with Gasteiger partial charge < -0.3 is 24.2 Å². The maximum atomic E-state index is 13.1. The molecule has 1 N–H and O–H groups in total. The highest BCUT2D eigenvalue weighted by Gasteiger charge is 2.52. The SMILES string of the molecule is CC1(C)OB(c2cnc3c(c2)C(=O)N([C@H]2CCN(C(=O)O)C2)CC3)OC1(C)C. The van der Waals surface area contributed by atoms with Crippen LogP contribution in [-0.2, 0) is 15.7 Å². The van der Waals surface area contributed by atoms with Crippen LogP contribution in [0.1, 0.15) is 50.2 Å². The number of nitrogens with zero attached hydrogens (tertiary/aromatic N) is 3. The first-order valence-corrected chi connectivity index (χ1v) is 9.72. The van der Waals surface area contributed by atoms with Gasteiger partial charge in [-0.1, -0.05) is 0 Å². The van der Waals surface area contributed by atoms with Gasteiger partial charge >= 0.3 is 13.2 Å². The lowest BCUT2D eigenvalue weighted by Gasteiger charge is -2.33. The molecule has 4 rings (SSSR count). The van der Waals surface area contributed by atoms with Crippen molar-refractivity contribution in [2.75, 3.05) is 19.6 Å². The van der Waals surface area contributed by atoms with Gasteiger partial charge in [-0.15, -0.1) is 0 Å². The molecular weight excluding hydrogens is 361 g/mol. The van der Waals surface area contributed by atoms with Crippen LogP contribution in [0.3, 0.4) is 0 Å². The van der Waals surface area contributed by atoms with Crippen LogP contribution in [0.25, 0.3) is 0 Å². The summed E-state index contributed by atoms with van der Waals surface area (Å²) in [5, 5.41) is 9.18. The Labute approximate surface area is 164 Å². The van der Waals surface area contributed by atoms with Crippen molar-refractivity contribution in [2.24, 2.45) is 0 Å². The van der Waals surface area contributed by atoms with Crippen LogP contribution in [0.4, 0.5) is 4.79 Å². The molecule has 0 aromatic carbocycles. The minimum Gasteiger partial charge on any atom is -0.465 e. The minimum atomic E-state index is -0.933. The Morgan fingerprint density at radius 2 is 1.93 bits per heavy atom. The van der Waals surface area contributed by atoms with E-state index in [1.165, 1.54) is 4.90 Å². The standard InChI is InChI=1S/C19H26BN3O5/c1-18(2)19(3,4)28-20(27-18)12-9-14-15(21-10-12)6-8-23(16(14)24)13-5-7-22(11-13)17(25)26/h9-10,13H,5-8,11H2,1-4H3,(H,25,26)/t13-/m0/s1. The van der Waals surface area contributed by atoms with Crippen LogP contribution in [0.15, 0.2) is 12.3 Å². The fourth-order valence-electron chi connectivity index (χ4n) is 4.00. The van der Waals surface area contributed by atoms with Gasteiger partial charge in [0.2, 0.25) is 0 Å². The summed E-state index contributed by atoms with van der Waals surface area (Å²) in [5.41, 5.74) is 1.13. The second-order valence-electron chi connectivity index (χ2n) is 8.77. The van der Waals surface area contributed by atoms with Gasteiger partial charge in [-0.05, 0) is 40.2 Å². The summed E-state index contributed by atoms with van der Waals surface area (Å²) in [6, 6.07) is 1.74. The van der Waals surface area contributed by atoms with Crippen molar-refractivity contribution in [3.63, 3.8) is 0 Å². The Bertz CT molecular complexity index is 812. The average molecular weight is 387 g/mol. The van der Waals surface area contributed by atoms with Crippen LogP contribution >= 0.6 is 0 Å². The van der Waals surface area contributed by atoms with E-state index in [2.05, 4.69) is 4.98 Å². The van der Waals surface area contributed by atoms with Gasteiger partial charge in [0, 0.05) is 37.7 Å². The summed E-state index contributed by atoms with van der Waals surface area (Å²) in [7, 11) is -0.569. The molecule has 0 radical (unpaired) electrons. The molecule has 2 saturated heterocycles. The third kappa shape index (κ3) is 3.06. The molecule has 9 heteroatoms. The first-order chi connectivity index (χ1) is 13.1. The Balaban J connectivity index is 1.56. The maximum Gasteiger partial charge on any atom is 0.496 e. The largest absolute Gasteiger partial charge is 0.496 e. The molecular formula is C19H26BN3O5. The third-order valence-corrected chi connectivity index (χ3v) is 6.47. The molecule has 28 heavy (non-hydrogen) atoms. The summed E-state index contributed by atoms with van der Waals surface area (Å²) in [5.74, 6) is -0.0932. The maximum absolute atomic E-state index is 13.1. The molecule has 0 aliphatic carbocycles. The quantitative estimate of drug-likeness (QED) is 0.765. The second kappa shape index (κ2) is 6.45. The molecule has 0 saturated carbocycles. The molecule has 0 unspecified atom stereocenters. The minimum absolute atomic E-state index is 0.0859. The lowest BCUT2D eigenvalue weighted by atomic mass is 9.79. The third-order valence-electron chi connectivity index (χ3n) is 6.47. The van der Waals surface area contributed by atoms with E-state index in [-0.39, 0.29) is 11.9 Å². The van der Waals surface area contributed by atoms with Crippen LogP contribution in [0.5, 0.6) is 0 Å². The van der Waals surface area contributed by atoms with Crippen molar-refractivity contribution in [3.05, 3.63) is 23.5 Å². The van der Waals surface area contributed by atoms with Gasteiger partial charge in [-0.25, -0.2) is 4.79 Å². The summed E-state index contributed by atoms with van der Waals surface area (Å²) in [6.07, 6.45) is 2.12. The molecule has 4 heterocycles. The van der Waals surface area contributed by atoms with E-state index in [0.29, 0.717) is 38.0 Å². The number of aromatic nitrogens is 1. The van der Waals surface area contributed by atoms with E-state index >= 15 is 0 Å². The van der Waals surface area contributed by atoms with E-state index in [1.807, 2.05) is 33.8 Å². The number of hydrogen-bond acceptors (Lipinski definition) is 5. The second-order valence-corrected chi connectivity index (χ2v) is 8.77. The van der Waals surface area contributed by atoms with Gasteiger partial charge in [-0.2, -0.15) is 0 Å². The molecule has 8 nitrogen and oxygen atoms in total. The van der Waals surface area contributed by atoms with Crippen LogP contribution in [0.2, 0.25) is 0 Å². The topological polar surface area (TPSA) is 92.2 Å². The number of fused-ring (bicyclic) bond motifs is 1. The lowest BCUT2D eigenvalue weighted by Crippen LogP contribution is -2.47. The molecule has 3 aliphatic heterocycles. The van der Waals surface area contributed by atoms with Crippen molar-refractivity contribution in [3.8, 4) is 0 Å². The van der Waals surface area contributed by atoms with Crippen molar-refractivity contribution >= 4 is 24.6 Å². The smallest absolute Gasteiger partial charge is 0.465 e. The van der Waals surface area contributed by atoms with Crippen LogP contribution in [0, 0.1) is 0 Å². The van der Waals surface area contributed by atoms with Crippen LogP contribution in [-0.4, -0.2) is 75.9 Å². The normalized spacial score (nSPS) is 25.9.